The fourth-order valence-corrected chi connectivity index (χ4v) is 2.15. The maximum atomic E-state index is 10.5. The summed E-state index contributed by atoms with van der Waals surface area (Å²) in [4.78, 5) is 14.8. The molecule has 14 heavy (non-hydrogen) atoms. The number of carboxylic acid groups (broad SMARTS) is 1. The highest BCUT2D eigenvalue weighted by Gasteiger charge is 2.21. The van der Waals surface area contributed by atoms with Crippen molar-refractivity contribution in [2.45, 2.75) is 12.8 Å². The maximum Gasteiger partial charge on any atom is 0.317 e. The summed E-state index contributed by atoms with van der Waals surface area (Å²) in [5, 5.41) is 8.68. The normalized spacial score (nSPS) is 24.1. The van der Waals surface area contributed by atoms with Gasteiger partial charge >= 0.3 is 5.97 Å². The highest BCUT2D eigenvalue weighted by atomic mass is 16.4. The van der Waals surface area contributed by atoms with Gasteiger partial charge in [0.05, 0.1) is 6.54 Å². The average molecular weight is 200 g/mol. The Bertz CT molecular complexity index is 195. The molecule has 0 aromatic carbocycles. The molecule has 0 aromatic rings. The molecule has 1 heterocycles. The first kappa shape index (κ1) is 11.5. The molecular formula is C10H20N2O2. The Balaban J connectivity index is 2.32. The van der Waals surface area contributed by atoms with Gasteiger partial charge < -0.3 is 10.0 Å². The third kappa shape index (κ3) is 4.07. The first-order valence-corrected chi connectivity index (χ1v) is 5.17. The summed E-state index contributed by atoms with van der Waals surface area (Å²) < 4.78 is 0. The van der Waals surface area contributed by atoms with Crippen LogP contribution in [0.1, 0.15) is 12.8 Å². The predicted molar refractivity (Wildman–Crippen MR) is 55.4 cm³/mol. The zero-order chi connectivity index (χ0) is 10.6. The molecular weight excluding hydrogens is 180 g/mol. The quantitative estimate of drug-likeness (QED) is 0.711. The Morgan fingerprint density at radius 2 is 2.29 bits per heavy atom. The molecule has 1 aliphatic rings. The summed E-state index contributed by atoms with van der Waals surface area (Å²) in [5.41, 5.74) is 0. The molecule has 1 saturated heterocycles. The van der Waals surface area contributed by atoms with Crippen molar-refractivity contribution in [3.05, 3.63) is 0 Å². The molecule has 1 N–H and O–H groups in total. The van der Waals surface area contributed by atoms with Crippen molar-refractivity contribution in [2.24, 2.45) is 5.92 Å². The number of carboxylic acids is 1. The second-order valence-electron chi connectivity index (χ2n) is 4.40. The molecule has 0 spiro atoms. The van der Waals surface area contributed by atoms with Crippen LogP contribution in [0.3, 0.4) is 0 Å². The summed E-state index contributed by atoms with van der Waals surface area (Å²) in [7, 11) is 4.13. The second kappa shape index (κ2) is 5.32. The molecule has 1 atom stereocenters. The van der Waals surface area contributed by atoms with E-state index in [4.69, 9.17) is 5.11 Å². The van der Waals surface area contributed by atoms with E-state index in [0.29, 0.717) is 5.92 Å². The molecule has 4 nitrogen and oxygen atoms in total. The van der Waals surface area contributed by atoms with Gasteiger partial charge in [-0.1, -0.05) is 0 Å². The van der Waals surface area contributed by atoms with Crippen LogP contribution in [0.25, 0.3) is 0 Å². The SMILES string of the molecule is CN(C)CC1CCCN(CC(=O)O)C1. The fourth-order valence-electron chi connectivity index (χ4n) is 2.15. The van der Waals surface area contributed by atoms with Gasteiger partial charge in [0.15, 0.2) is 0 Å². The molecule has 0 bridgehead atoms. The lowest BCUT2D eigenvalue weighted by atomic mass is 9.98. The third-order valence-corrected chi connectivity index (χ3v) is 2.59. The molecule has 0 saturated carbocycles. The largest absolute Gasteiger partial charge is 0.480 e. The summed E-state index contributed by atoms with van der Waals surface area (Å²) in [6.45, 7) is 3.14. The van der Waals surface area contributed by atoms with Crippen LogP contribution in [0.2, 0.25) is 0 Å². The minimum absolute atomic E-state index is 0.198. The van der Waals surface area contributed by atoms with E-state index in [9.17, 15) is 4.79 Å². The molecule has 1 rings (SSSR count). The van der Waals surface area contributed by atoms with Gasteiger partial charge in [-0.25, -0.2) is 0 Å². The topological polar surface area (TPSA) is 43.8 Å². The van der Waals surface area contributed by atoms with E-state index in [1.165, 1.54) is 6.42 Å². The predicted octanol–water partition coefficient (Wildman–Crippen LogP) is 0.345. The number of hydrogen-bond donors (Lipinski definition) is 1. The van der Waals surface area contributed by atoms with Crippen LogP contribution in [0.4, 0.5) is 0 Å². The first-order chi connectivity index (χ1) is 6.58. The average Bonchev–Trinajstić information content (AvgIpc) is 2.01. The van der Waals surface area contributed by atoms with E-state index in [0.717, 1.165) is 26.1 Å². The van der Waals surface area contributed by atoms with Crippen LogP contribution >= 0.6 is 0 Å². The molecule has 4 heteroatoms. The first-order valence-electron chi connectivity index (χ1n) is 5.17. The number of rotatable bonds is 4. The minimum atomic E-state index is -0.712. The monoisotopic (exact) mass is 200 g/mol. The zero-order valence-corrected chi connectivity index (χ0v) is 9.07. The zero-order valence-electron chi connectivity index (χ0n) is 9.07. The van der Waals surface area contributed by atoms with Gasteiger partial charge in [-0.3, -0.25) is 9.69 Å². The van der Waals surface area contributed by atoms with E-state index >= 15 is 0 Å². The molecule has 0 aromatic heterocycles. The van der Waals surface area contributed by atoms with E-state index in [-0.39, 0.29) is 6.54 Å². The standard InChI is InChI=1S/C10H20N2O2/c1-11(2)6-9-4-3-5-12(7-9)8-10(13)14/h9H,3-8H2,1-2H3,(H,13,14). The molecule has 0 amide bonds. The summed E-state index contributed by atoms with van der Waals surface area (Å²) in [6.07, 6.45) is 2.36. The number of hydrogen-bond acceptors (Lipinski definition) is 3. The molecule has 1 aliphatic heterocycles. The molecule has 1 unspecified atom stereocenters. The summed E-state index contributed by atoms with van der Waals surface area (Å²) in [5.74, 6) is -0.0754. The lowest BCUT2D eigenvalue weighted by molar-refractivity contribution is -0.138. The van der Waals surface area contributed by atoms with Crippen LogP contribution in [0.15, 0.2) is 0 Å². The second-order valence-corrected chi connectivity index (χ2v) is 4.40. The van der Waals surface area contributed by atoms with E-state index in [2.05, 4.69) is 19.0 Å². The number of aliphatic carboxylic acids is 1. The molecule has 0 aliphatic carbocycles. The van der Waals surface area contributed by atoms with Crippen molar-refractivity contribution in [2.75, 3.05) is 40.3 Å². The molecule has 0 radical (unpaired) electrons. The molecule has 1 fully saturated rings. The van der Waals surface area contributed by atoms with E-state index < -0.39 is 5.97 Å². The van der Waals surface area contributed by atoms with Crippen molar-refractivity contribution in [1.82, 2.24) is 9.80 Å². The summed E-state index contributed by atoms with van der Waals surface area (Å²) in [6, 6.07) is 0. The van der Waals surface area contributed by atoms with Gasteiger partial charge in [-0.2, -0.15) is 0 Å². The van der Waals surface area contributed by atoms with Gasteiger partial charge in [0, 0.05) is 13.1 Å². The van der Waals surface area contributed by atoms with Gasteiger partial charge in [0.2, 0.25) is 0 Å². The van der Waals surface area contributed by atoms with Gasteiger partial charge in [-0.05, 0) is 39.4 Å². The van der Waals surface area contributed by atoms with Crippen LogP contribution in [-0.4, -0.2) is 61.2 Å². The fraction of sp³-hybridized carbons (Fsp3) is 0.900. The van der Waals surface area contributed by atoms with Crippen molar-refractivity contribution in [1.29, 1.82) is 0 Å². The van der Waals surface area contributed by atoms with Crippen molar-refractivity contribution in [3.63, 3.8) is 0 Å². The van der Waals surface area contributed by atoms with Crippen LogP contribution in [0, 0.1) is 5.92 Å². The Kier molecular flexibility index (Phi) is 4.35. The minimum Gasteiger partial charge on any atom is -0.480 e. The van der Waals surface area contributed by atoms with Gasteiger partial charge in [0.1, 0.15) is 0 Å². The Hall–Kier alpha value is -0.610. The van der Waals surface area contributed by atoms with Gasteiger partial charge in [-0.15, -0.1) is 0 Å². The Labute approximate surface area is 85.5 Å². The van der Waals surface area contributed by atoms with Crippen molar-refractivity contribution >= 4 is 5.97 Å². The highest BCUT2D eigenvalue weighted by molar-refractivity contribution is 5.69. The lowest BCUT2D eigenvalue weighted by Crippen LogP contribution is -2.41. The number of piperidine rings is 1. The smallest absolute Gasteiger partial charge is 0.317 e. The lowest BCUT2D eigenvalue weighted by Gasteiger charge is -2.32. The van der Waals surface area contributed by atoms with Crippen LogP contribution in [-0.2, 0) is 4.79 Å². The third-order valence-electron chi connectivity index (χ3n) is 2.59. The summed E-state index contributed by atoms with van der Waals surface area (Å²) >= 11 is 0. The highest BCUT2D eigenvalue weighted by Crippen LogP contribution is 2.16. The van der Waals surface area contributed by atoms with E-state index in [1.807, 2.05) is 4.90 Å². The Morgan fingerprint density at radius 1 is 1.57 bits per heavy atom. The molecule has 82 valence electrons. The maximum absolute atomic E-state index is 10.5. The van der Waals surface area contributed by atoms with Gasteiger partial charge in [0.25, 0.3) is 0 Å². The number of carbonyl (C=O) groups is 1. The Morgan fingerprint density at radius 3 is 2.86 bits per heavy atom. The van der Waals surface area contributed by atoms with E-state index in [1.54, 1.807) is 0 Å². The number of nitrogens with zero attached hydrogens (tertiary/aromatic N) is 2. The van der Waals surface area contributed by atoms with Crippen molar-refractivity contribution < 1.29 is 9.90 Å². The van der Waals surface area contributed by atoms with Crippen LogP contribution in [0.5, 0.6) is 0 Å². The van der Waals surface area contributed by atoms with Crippen LogP contribution < -0.4 is 0 Å². The van der Waals surface area contributed by atoms with Crippen molar-refractivity contribution in [3.8, 4) is 0 Å². The number of likely N-dealkylation sites (tertiary alicyclic amines) is 1.